The van der Waals surface area contributed by atoms with Crippen molar-refractivity contribution in [2.45, 2.75) is 32.6 Å². The summed E-state index contributed by atoms with van der Waals surface area (Å²) in [5, 5.41) is 1.88. The van der Waals surface area contributed by atoms with Crippen LogP contribution in [0.25, 0.3) is 10.2 Å². The SMILES string of the molecule is C[C@H]1CN(C(=O)Cn2ccc(=O)c3sccc32)C[C@H](C)O1. The largest absolute Gasteiger partial charge is 0.372 e. The lowest BCUT2D eigenvalue weighted by Gasteiger charge is -2.35. The predicted molar refractivity (Wildman–Crippen MR) is 82.7 cm³/mol. The van der Waals surface area contributed by atoms with E-state index in [0.29, 0.717) is 17.8 Å². The maximum absolute atomic E-state index is 12.5. The molecule has 0 N–H and O–H groups in total. The van der Waals surface area contributed by atoms with Gasteiger partial charge in [-0.3, -0.25) is 9.59 Å². The Balaban J connectivity index is 1.82. The van der Waals surface area contributed by atoms with Gasteiger partial charge in [-0.15, -0.1) is 11.3 Å². The first-order valence-corrected chi connectivity index (χ1v) is 7.92. The molecule has 1 aliphatic rings. The average molecular weight is 306 g/mol. The maximum Gasteiger partial charge on any atom is 0.242 e. The smallest absolute Gasteiger partial charge is 0.242 e. The molecule has 2 atom stereocenters. The number of hydrogen-bond donors (Lipinski definition) is 0. The van der Waals surface area contributed by atoms with Crippen molar-refractivity contribution < 1.29 is 9.53 Å². The van der Waals surface area contributed by atoms with Crippen LogP contribution in [-0.4, -0.2) is 40.7 Å². The summed E-state index contributed by atoms with van der Waals surface area (Å²) in [5.41, 5.74) is 0.840. The van der Waals surface area contributed by atoms with Gasteiger partial charge in [0.2, 0.25) is 5.91 Å². The van der Waals surface area contributed by atoms with Gasteiger partial charge in [-0.1, -0.05) is 0 Å². The molecule has 0 spiro atoms. The van der Waals surface area contributed by atoms with E-state index in [2.05, 4.69) is 0 Å². The first-order chi connectivity index (χ1) is 10.0. The van der Waals surface area contributed by atoms with Crippen LogP contribution in [-0.2, 0) is 16.1 Å². The van der Waals surface area contributed by atoms with Gasteiger partial charge in [0, 0.05) is 25.4 Å². The first-order valence-electron chi connectivity index (χ1n) is 7.04. The van der Waals surface area contributed by atoms with E-state index in [1.54, 1.807) is 6.20 Å². The normalized spacial score (nSPS) is 22.7. The van der Waals surface area contributed by atoms with Gasteiger partial charge in [-0.05, 0) is 25.3 Å². The third kappa shape index (κ3) is 2.87. The number of carbonyl (C=O) groups is 1. The monoisotopic (exact) mass is 306 g/mol. The van der Waals surface area contributed by atoms with Crippen LogP contribution in [0.3, 0.4) is 0 Å². The summed E-state index contributed by atoms with van der Waals surface area (Å²) in [7, 11) is 0. The number of carbonyl (C=O) groups excluding carboxylic acids is 1. The summed E-state index contributed by atoms with van der Waals surface area (Å²) >= 11 is 1.41. The zero-order chi connectivity index (χ0) is 15.0. The fourth-order valence-corrected chi connectivity index (χ4v) is 3.62. The number of pyridine rings is 1. The number of nitrogens with zero attached hydrogens (tertiary/aromatic N) is 2. The second-order valence-electron chi connectivity index (χ2n) is 5.50. The van der Waals surface area contributed by atoms with Gasteiger partial charge in [0.15, 0.2) is 5.43 Å². The lowest BCUT2D eigenvalue weighted by Crippen LogP contribution is -2.49. The Morgan fingerprint density at radius 2 is 2.05 bits per heavy atom. The van der Waals surface area contributed by atoms with E-state index in [0.717, 1.165) is 5.52 Å². The van der Waals surface area contributed by atoms with Crippen molar-refractivity contribution in [1.82, 2.24) is 9.47 Å². The first kappa shape index (κ1) is 14.3. The second kappa shape index (κ2) is 5.61. The number of rotatable bonds is 2. The molecule has 2 aromatic heterocycles. The van der Waals surface area contributed by atoms with Crippen molar-refractivity contribution in [1.29, 1.82) is 0 Å². The van der Waals surface area contributed by atoms with Crippen molar-refractivity contribution in [3.8, 4) is 0 Å². The van der Waals surface area contributed by atoms with E-state index in [1.807, 2.05) is 34.8 Å². The molecule has 1 fully saturated rings. The van der Waals surface area contributed by atoms with Crippen LogP contribution in [0.1, 0.15) is 13.8 Å². The number of amides is 1. The molecule has 3 heterocycles. The molecular formula is C15H18N2O3S. The standard InChI is InChI=1S/C15H18N2O3S/c1-10-7-17(8-11(2)20-10)14(19)9-16-5-3-13(18)15-12(16)4-6-21-15/h3-6,10-11H,7-9H2,1-2H3/t10-,11-/m0/s1. The topological polar surface area (TPSA) is 51.5 Å². The summed E-state index contributed by atoms with van der Waals surface area (Å²) in [6.45, 7) is 5.46. The Morgan fingerprint density at radius 1 is 1.33 bits per heavy atom. The zero-order valence-electron chi connectivity index (χ0n) is 12.1. The van der Waals surface area contributed by atoms with E-state index >= 15 is 0 Å². The molecule has 0 radical (unpaired) electrons. The van der Waals surface area contributed by atoms with Gasteiger partial charge in [0.1, 0.15) is 6.54 Å². The third-order valence-corrected chi connectivity index (χ3v) is 4.58. The van der Waals surface area contributed by atoms with Gasteiger partial charge in [0.05, 0.1) is 22.4 Å². The van der Waals surface area contributed by atoms with E-state index in [-0.39, 0.29) is 30.1 Å². The molecule has 0 unspecified atom stereocenters. The summed E-state index contributed by atoms with van der Waals surface area (Å²) in [5.74, 6) is 0.0631. The van der Waals surface area contributed by atoms with Crippen LogP contribution >= 0.6 is 11.3 Å². The Morgan fingerprint density at radius 3 is 2.76 bits per heavy atom. The van der Waals surface area contributed by atoms with Gasteiger partial charge < -0.3 is 14.2 Å². The molecule has 1 aliphatic heterocycles. The van der Waals surface area contributed by atoms with Crippen LogP contribution in [0.15, 0.2) is 28.5 Å². The van der Waals surface area contributed by atoms with Gasteiger partial charge in [-0.25, -0.2) is 0 Å². The van der Waals surface area contributed by atoms with Crippen molar-refractivity contribution in [3.63, 3.8) is 0 Å². The number of thiophene rings is 1. The lowest BCUT2D eigenvalue weighted by atomic mass is 10.2. The van der Waals surface area contributed by atoms with Gasteiger partial charge in [0.25, 0.3) is 0 Å². The van der Waals surface area contributed by atoms with Crippen molar-refractivity contribution in [2.24, 2.45) is 0 Å². The number of ether oxygens (including phenoxy) is 1. The molecule has 0 aliphatic carbocycles. The molecule has 1 saturated heterocycles. The molecule has 0 saturated carbocycles. The average Bonchev–Trinajstić information content (AvgIpc) is 2.91. The minimum atomic E-state index is 0.0114. The minimum absolute atomic E-state index is 0.0114. The van der Waals surface area contributed by atoms with E-state index < -0.39 is 0 Å². The second-order valence-corrected chi connectivity index (χ2v) is 6.42. The number of fused-ring (bicyclic) bond motifs is 1. The minimum Gasteiger partial charge on any atom is -0.372 e. The molecular weight excluding hydrogens is 288 g/mol. The predicted octanol–water partition coefficient (Wildman–Crippen LogP) is 1.70. The van der Waals surface area contributed by atoms with Crippen molar-refractivity contribution in [2.75, 3.05) is 13.1 Å². The molecule has 112 valence electrons. The fraction of sp³-hybridized carbons (Fsp3) is 0.467. The van der Waals surface area contributed by atoms with Gasteiger partial charge in [-0.2, -0.15) is 0 Å². The molecule has 1 amide bonds. The summed E-state index contributed by atoms with van der Waals surface area (Å²) in [4.78, 5) is 26.1. The van der Waals surface area contributed by atoms with E-state index in [9.17, 15) is 9.59 Å². The Labute approximate surface area is 126 Å². The molecule has 21 heavy (non-hydrogen) atoms. The third-order valence-electron chi connectivity index (χ3n) is 3.66. The van der Waals surface area contributed by atoms with E-state index in [1.165, 1.54) is 17.4 Å². The van der Waals surface area contributed by atoms with E-state index in [4.69, 9.17) is 4.74 Å². The van der Waals surface area contributed by atoms with Crippen LogP contribution in [0.4, 0.5) is 0 Å². The van der Waals surface area contributed by atoms with Crippen LogP contribution in [0.5, 0.6) is 0 Å². The number of morpholine rings is 1. The quantitative estimate of drug-likeness (QED) is 0.848. The Hall–Kier alpha value is -1.66. The molecule has 2 aromatic rings. The van der Waals surface area contributed by atoms with Gasteiger partial charge >= 0.3 is 0 Å². The number of hydrogen-bond acceptors (Lipinski definition) is 4. The highest BCUT2D eigenvalue weighted by atomic mass is 32.1. The highest BCUT2D eigenvalue weighted by Crippen LogP contribution is 2.17. The van der Waals surface area contributed by atoms with Crippen molar-refractivity contribution in [3.05, 3.63) is 33.9 Å². The molecule has 5 nitrogen and oxygen atoms in total. The zero-order valence-corrected chi connectivity index (χ0v) is 12.9. The summed E-state index contributed by atoms with van der Waals surface area (Å²) < 4.78 is 8.20. The molecule has 0 bridgehead atoms. The molecule has 3 rings (SSSR count). The van der Waals surface area contributed by atoms with Crippen molar-refractivity contribution >= 4 is 27.5 Å². The van der Waals surface area contributed by atoms with Crippen LogP contribution in [0.2, 0.25) is 0 Å². The molecule has 0 aromatic carbocycles. The Kier molecular flexibility index (Phi) is 3.82. The van der Waals surface area contributed by atoms with Crippen LogP contribution < -0.4 is 5.43 Å². The molecule has 6 heteroatoms. The summed E-state index contributed by atoms with van der Waals surface area (Å²) in [6, 6.07) is 3.41. The lowest BCUT2D eigenvalue weighted by molar-refractivity contribution is -0.143. The summed E-state index contributed by atoms with van der Waals surface area (Å²) in [6.07, 6.45) is 1.82. The highest BCUT2D eigenvalue weighted by molar-refractivity contribution is 7.17. The maximum atomic E-state index is 12.5. The van der Waals surface area contributed by atoms with Crippen LogP contribution in [0, 0.1) is 0 Å². The number of aromatic nitrogens is 1. The highest BCUT2D eigenvalue weighted by Gasteiger charge is 2.25. The fourth-order valence-electron chi connectivity index (χ4n) is 2.79. The Bertz CT molecular complexity index is 711.